The molecule has 2 unspecified atom stereocenters. The molecule has 0 aromatic heterocycles. The highest BCUT2D eigenvalue weighted by atomic mass is 16.5. The minimum atomic E-state index is -0.552. The van der Waals surface area contributed by atoms with E-state index in [0.29, 0.717) is 5.92 Å². The Kier molecular flexibility index (Phi) is 3.99. The molecule has 0 saturated carbocycles. The number of benzene rings is 1. The highest BCUT2D eigenvalue weighted by molar-refractivity contribution is 5.97. The molecule has 1 aromatic rings. The Balaban J connectivity index is 2.31. The van der Waals surface area contributed by atoms with Gasteiger partial charge in [0.05, 0.1) is 0 Å². The summed E-state index contributed by atoms with van der Waals surface area (Å²) < 4.78 is 5.15. The fraction of sp³-hybridized carbons (Fsp3) is 0.500. The number of hydrogen-bond acceptors (Lipinski definition) is 3. The summed E-state index contributed by atoms with van der Waals surface area (Å²) in [7, 11) is 1.52. The number of rotatable bonds is 3. The van der Waals surface area contributed by atoms with Gasteiger partial charge in [-0.15, -0.1) is 0 Å². The van der Waals surface area contributed by atoms with Crippen molar-refractivity contribution in [1.82, 2.24) is 0 Å². The Bertz CT molecular complexity index is 430. The highest BCUT2D eigenvalue weighted by Gasteiger charge is 2.30. The molecule has 2 N–H and O–H groups in total. The predicted molar refractivity (Wildman–Crippen MR) is 71.5 cm³/mol. The van der Waals surface area contributed by atoms with Gasteiger partial charge in [0.25, 0.3) is 5.91 Å². The second kappa shape index (κ2) is 5.50. The lowest BCUT2D eigenvalue weighted by molar-refractivity contribution is -0.128. The van der Waals surface area contributed by atoms with Gasteiger partial charge < -0.3 is 15.4 Å². The van der Waals surface area contributed by atoms with Crippen molar-refractivity contribution in [2.45, 2.75) is 19.4 Å². The number of nitrogens with two attached hydrogens (primary N) is 1. The molecule has 0 fully saturated rings. The summed E-state index contributed by atoms with van der Waals surface area (Å²) in [4.78, 5) is 14.2. The SMILES string of the molecule is COC(CN)C(=O)N1CC(C)Cc2ccccc21. The summed E-state index contributed by atoms with van der Waals surface area (Å²) >= 11 is 0. The highest BCUT2D eigenvalue weighted by Crippen LogP contribution is 2.29. The summed E-state index contributed by atoms with van der Waals surface area (Å²) in [6.45, 7) is 3.10. The number of carbonyl (C=O) groups is 1. The van der Waals surface area contributed by atoms with E-state index in [2.05, 4.69) is 13.0 Å². The van der Waals surface area contributed by atoms with Gasteiger partial charge in [0.1, 0.15) is 6.10 Å². The summed E-state index contributed by atoms with van der Waals surface area (Å²) in [6.07, 6.45) is 0.462. The smallest absolute Gasteiger partial charge is 0.257 e. The number of para-hydroxylation sites is 1. The maximum absolute atomic E-state index is 12.4. The third-order valence-corrected chi connectivity index (χ3v) is 3.39. The molecule has 98 valence electrons. The Labute approximate surface area is 108 Å². The molecule has 2 rings (SSSR count). The van der Waals surface area contributed by atoms with Gasteiger partial charge in [-0.2, -0.15) is 0 Å². The minimum absolute atomic E-state index is 0.0426. The van der Waals surface area contributed by atoms with Crippen LogP contribution in [0.15, 0.2) is 24.3 Å². The van der Waals surface area contributed by atoms with Crippen molar-refractivity contribution in [2.75, 3.05) is 25.1 Å². The van der Waals surface area contributed by atoms with E-state index in [0.717, 1.165) is 18.7 Å². The zero-order chi connectivity index (χ0) is 13.1. The number of anilines is 1. The Morgan fingerprint density at radius 3 is 2.94 bits per heavy atom. The lowest BCUT2D eigenvalue weighted by Crippen LogP contribution is -2.47. The van der Waals surface area contributed by atoms with Crippen molar-refractivity contribution >= 4 is 11.6 Å². The van der Waals surface area contributed by atoms with E-state index in [1.807, 2.05) is 23.1 Å². The Morgan fingerprint density at radius 1 is 1.56 bits per heavy atom. The third kappa shape index (κ3) is 2.40. The maximum Gasteiger partial charge on any atom is 0.257 e. The average molecular weight is 248 g/mol. The van der Waals surface area contributed by atoms with E-state index < -0.39 is 6.10 Å². The molecule has 1 amide bonds. The first kappa shape index (κ1) is 13.1. The normalized spacial score (nSPS) is 20.4. The summed E-state index contributed by atoms with van der Waals surface area (Å²) in [5.41, 5.74) is 7.79. The van der Waals surface area contributed by atoms with Gasteiger partial charge in [-0.25, -0.2) is 0 Å². The number of methoxy groups -OCH3 is 1. The lowest BCUT2D eigenvalue weighted by atomic mass is 9.93. The van der Waals surface area contributed by atoms with Gasteiger partial charge in [0, 0.05) is 25.9 Å². The molecule has 0 aliphatic carbocycles. The second-order valence-electron chi connectivity index (χ2n) is 4.85. The van der Waals surface area contributed by atoms with Crippen LogP contribution in [0.1, 0.15) is 12.5 Å². The van der Waals surface area contributed by atoms with Crippen LogP contribution in [-0.2, 0) is 16.0 Å². The van der Waals surface area contributed by atoms with Gasteiger partial charge in [-0.1, -0.05) is 25.1 Å². The van der Waals surface area contributed by atoms with Gasteiger partial charge in [-0.3, -0.25) is 4.79 Å². The Hall–Kier alpha value is -1.39. The summed E-state index contributed by atoms with van der Waals surface area (Å²) in [5.74, 6) is 0.415. The van der Waals surface area contributed by atoms with E-state index in [9.17, 15) is 4.79 Å². The van der Waals surface area contributed by atoms with Gasteiger partial charge in [-0.05, 0) is 24.0 Å². The molecule has 0 saturated heterocycles. The monoisotopic (exact) mass is 248 g/mol. The van der Waals surface area contributed by atoms with Gasteiger partial charge >= 0.3 is 0 Å². The van der Waals surface area contributed by atoms with Crippen molar-refractivity contribution < 1.29 is 9.53 Å². The molecule has 1 aromatic carbocycles. The number of amides is 1. The van der Waals surface area contributed by atoms with Crippen LogP contribution in [-0.4, -0.2) is 32.2 Å². The largest absolute Gasteiger partial charge is 0.370 e. The fourth-order valence-corrected chi connectivity index (χ4v) is 2.48. The minimum Gasteiger partial charge on any atom is -0.370 e. The lowest BCUT2D eigenvalue weighted by Gasteiger charge is -2.34. The molecule has 0 radical (unpaired) electrons. The van der Waals surface area contributed by atoms with Crippen LogP contribution in [0.2, 0.25) is 0 Å². The van der Waals surface area contributed by atoms with Crippen LogP contribution in [0.3, 0.4) is 0 Å². The maximum atomic E-state index is 12.4. The molecule has 0 spiro atoms. The van der Waals surface area contributed by atoms with Crippen LogP contribution in [0, 0.1) is 5.92 Å². The van der Waals surface area contributed by atoms with E-state index in [1.54, 1.807) is 0 Å². The number of carbonyl (C=O) groups excluding carboxylic acids is 1. The first-order chi connectivity index (χ1) is 8.67. The van der Waals surface area contributed by atoms with Crippen molar-refractivity contribution in [3.05, 3.63) is 29.8 Å². The van der Waals surface area contributed by atoms with Gasteiger partial charge in [0.2, 0.25) is 0 Å². The molecular formula is C14H20N2O2. The van der Waals surface area contributed by atoms with Crippen molar-refractivity contribution in [2.24, 2.45) is 11.7 Å². The third-order valence-electron chi connectivity index (χ3n) is 3.39. The Morgan fingerprint density at radius 2 is 2.28 bits per heavy atom. The van der Waals surface area contributed by atoms with E-state index in [4.69, 9.17) is 10.5 Å². The molecular weight excluding hydrogens is 228 g/mol. The standard InChI is InChI=1S/C14H20N2O2/c1-10-7-11-5-3-4-6-12(11)16(9-10)14(17)13(8-15)18-2/h3-6,10,13H,7-9,15H2,1-2H3. The zero-order valence-corrected chi connectivity index (χ0v) is 10.9. The van der Waals surface area contributed by atoms with Crippen LogP contribution in [0.4, 0.5) is 5.69 Å². The molecule has 18 heavy (non-hydrogen) atoms. The van der Waals surface area contributed by atoms with E-state index in [-0.39, 0.29) is 12.5 Å². The first-order valence-electron chi connectivity index (χ1n) is 6.29. The molecule has 4 heteroatoms. The van der Waals surface area contributed by atoms with Gasteiger partial charge in [0.15, 0.2) is 0 Å². The topological polar surface area (TPSA) is 55.6 Å². The number of hydrogen-bond donors (Lipinski definition) is 1. The van der Waals surface area contributed by atoms with Crippen molar-refractivity contribution in [3.63, 3.8) is 0 Å². The fourth-order valence-electron chi connectivity index (χ4n) is 2.48. The van der Waals surface area contributed by atoms with Crippen molar-refractivity contribution in [3.8, 4) is 0 Å². The van der Waals surface area contributed by atoms with Crippen LogP contribution < -0.4 is 10.6 Å². The number of nitrogens with zero attached hydrogens (tertiary/aromatic N) is 1. The van der Waals surface area contributed by atoms with Crippen LogP contribution in [0.25, 0.3) is 0 Å². The second-order valence-corrected chi connectivity index (χ2v) is 4.85. The molecule has 1 aliphatic heterocycles. The first-order valence-corrected chi connectivity index (χ1v) is 6.29. The number of fused-ring (bicyclic) bond motifs is 1. The van der Waals surface area contributed by atoms with E-state index >= 15 is 0 Å². The summed E-state index contributed by atoms with van der Waals surface area (Å²) in [5, 5.41) is 0. The molecule has 4 nitrogen and oxygen atoms in total. The molecule has 0 bridgehead atoms. The van der Waals surface area contributed by atoms with Crippen LogP contribution in [0.5, 0.6) is 0 Å². The van der Waals surface area contributed by atoms with Crippen LogP contribution >= 0.6 is 0 Å². The average Bonchev–Trinajstić information content (AvgIpc) is 2.39. The van der Waals surface area contributed by atoms with E-state index in [1.165, 1.54) is 12.7 Å². The quantitative estimate of drug-likeness (QED) is 0.874. The molecule has 1 aliphatic rings. The molecule has 1 heterocycles. The summed E-state index contributed by atoms with van der Waals surface area (Å²) in [6, 6.07) is 8.04. The number of ether oxygens (including phenoxy) is 1. The predicted octanol–water partition coefficient (Wildman–Crippen LogP) is 1.19. The molecule has 2 atom stereocenters. The van der Waals surface area contributed by atoms with Crippen molar-refractivity contribution in [1.29, 1.82) is 0 Å². The zero-order valence-electron chi connectivity index (χ0n) is 10.9.